The molecule has 62 heavy (non-hydrogen) atoms. The number of allylic oxidation sites excluding steroid dienone is 3. The molecule has 0 aliphatic carbocycles. The van der Waals surface area contributed by atoms with Gasteiger partial charge in [-0.15, -0.1) is 0 Å². The Morgan fingerprint density at radius 2 is 1.03 bits per heavy atom. The normalized spacial score (nSPS) is 20.7. The fourth-order valence-corrected chi connectivity index (χ4v) is 8.55. The Balaban J connectivity index is 2.42. The van der Waals surface area contributed by atoms with Crippen molar-refractivity contribution in [2.24, 2.45) is 0 Å². The molecule has 1 fully saturated rings. The predicted octanol–water partition coefficient (Wildman–Crippen LogP) is 10.5. The zero-order valence-electron chi connectivity index (χ0n) is 39.2. The van der Waals surface area contributed by atoms with Crippen LogP contribution in [0.5, 0.6) is 0 Å². The Labute approximate surface area is 378 Å². The van der Waals surface area contributed by atoms with E-state index in [1.807, 2.05) is 6.08 Å². The Morgan fingerprint density at radius 1 is 0.629 bits per heavy atom. The molecular weight excluding hydrogens is 811 g/mol. The molecule has 12 nitrogen and oxygen atoms in total. The quantitative estimate of drug-likeness (QED) is 0.0194. The zero-order valence-corrected chi connectivity index (χ0v) is 40.0. The Hall–Kier alpha value is -1.42. The summed E-state index contributed by atoms with van der Waals surface area (Å²) in [6, 6.07) is -0.946. The molecule has 366 valence electrons. The standard InChI is InChI=1S/C49H93NO11S/c1-3-5-7-9-11-13-15-17-18-19-20-21-22-23-24-25-26-27-28-30-32-34-36-38-43(52)42(50-45(53)39-37-35-33-31-29-16-14-12-10-8-6-4-2)41-59-49-47(55)48(61-62(56,57)58)46(54)44(40-51)60-49/h12,14,36,38,42-44,46-49,51-52,54-55H,3-11,13,15-35,37,39-41H2,1-2H3,(H,50,53)(H,56,57,58)/b14-12-,38-36+. The molecule has 6 N–H and O–H groups in total. The Bertz CT molecular complexity index is 1200. The number of amides is 1. The second-order valence-electron chi connectivity index (χ2n) is 17.8. The minimum atomic E-state index is -5.08. The van der Waals surface area contributed by atoms with Crippen molar-refractivity contribution in [1.82, 2.24) is 5.32 Å². The van der Waals surface area contributed by atoms with Crippen LogP contribution in [0.3, 0.4) is 0 Å². The highest BCUT2D eigenvalue weighted by atomic mass is 32.3. The van der Waals surface area contributed by atoms with Crippen LogP contribution < -0.4 is 5.32 Å². The summed E-state index contributed by atoms with van der Waals surface area (Å²) in [7, 11) is -5.08. The summed E-state index contributed by atoms with van der Waals surface area (Å²) >= 11 is 0. The second-order valence-corrected chi connectivity index (χ2v) is 18.8. The van der Waals surface area contributed by atoms with Gasteiger partial charge in [-0.1, -0.05) is 199 Å². The van der Waals surface area contributed by atoms with Crippen molar-refractivity contribution < 1.29 is 51.8 Å². The first-order valence-electron chi connectivity index (χ1n) is 25.2. The second kappa shape index (κ2) is 39.9. The molecule has 1 saturated heterocycles. The van der Waals surface area contributed by atoms with Gasteiger partial charge in [-0.2, -0.15) is 8.42 Å². The summed E-state index contributed by atoms with van der Waals surface area (Å²) in [6.45, 7) is 3.37. The number of rotatable bonds is 43. The molecule has 0 radical (unpaired) electrons. The minimum Gasteiger partial charge on any atom is -0.394 e. The summed E-state index contributed by atoms with van der Waals surface area (Å²) in [5.41, 5.74) is 0. The van der Waals surface area contributed by atoms with Gasteiger partial charge in [-0.05, 0) is 44.9 Å². The van der Waals surface area contributed by atoms with E-state index in [4.69, 9.17) is 9.47 Å². The molecule has 0 aromatic heterocycles. The zero-order chi connectivity index (χ0) is 45.5. The van der Waals surface area contributed by atoms with E-state index < -0.39 is 59.9 Å². The Kier molecular flexibility index (Phi) is 37.7. The van der Waals surface area contributed by atoms with Crippen LogP contribution in [0, 0.1) is 0 Å². The van der Waals surface area contributed by atoms with Crippen LogP contribution in [0.4, 0.5) is 0 Å². The molecule has 0 bridgehead atoms. The van der Waals surface area contributed by atoms with Gasteiger partial charge >= 0.3 is 10.4 Å². The van der Waals surface area contributed by atoms with E-state index in [0.29, 0.717) is 6.42 Å². The summed E-state index contributed by atoms with van der Waals surface area (Å²) in [6.07, 6.45) is 38.0. The van der Waals surface area contributed by atoms with Gasteiger partial charge in [0.05, 0.1) is 25.4 Å². The van der Waals surface area contributed by atoms with Gasteiger partial charge in [0.15, 0.2) is 6.29 Å². The van der Waals surface area contributed by atoms with Gasteiger partial charge < -0.3 is 35.2 Å². The number of aliphatic hydroxyl groups excluding tert-OH is 4. The van der Waals surface area contributed by atoms with E-state index in [-0.39, 0.29) is 18.9 Å². The largest absolute Gasteiger partial charge is 0.397 e. The average molecular weight is 904 g/mol. The van der Waals surface area contributed by atoms with Gasteiger partial charge in [0.25, 0.3) is 0 Å². The third kappa shape index (κ3) is 32.3. The fraction of sp³-hybridized carbons (Fsp3) is 0.898. The van der Waals surface area contributed by atoms with Crippen molar-refractivity contribution in [1.29, 1.82) is 0 Å². The number of hydrogen-bond donors (Lipinski definition) is 6. The molecule has 1 aliphatic heterocycles. The smallest absolute Gasteiger partial charge is 0.394 e. The number of carbonyl (C=O) groups is 1. The summed E-state index contributed by atoms with van der Waals surface area (Å²) in [5.74, 6) is -0.272. The first-order chi connectivity index (χ1) is 30.0. The third-order valence-electron chi connectivity index (χ3n) is 12.0. The van der Waals surface area contributed by atoms with E-state index in [0.717, 1.165) is 57.8 Å². The number of unbranched alkanes of at least 4 members (excludes halogenated alkanes) is 29. The maximum atomic E-state index is 13.0. The molecule has 7 unspecified atom stereocenters. The van der Waals surface area contributed by atoms with Gasteiger partial charge in [0, 0.05) is 6.42 Å². The van der Waals surface area contributed by atoms with Crippen molar-refractivity contribution in [2.45, 2.75) is 269 Å². The molecule has 1 heterocycles. The van der Waals surface area contributed by atoms with Crippen LogP contribution in [0.25, 0.3) is 0 Å². The molecule has 1 amide bonds. The summed E-state index contributed by atoms with van der Waals surface area (Å²) in [5, 5.41) is 44.7. The van der Waals surface area contributed by atoms with Crippen molar-refractivity contribution >= 4 is 16.3 Å². The van der Waals surface area contributed by atoms with Gasteiger partial charge in [0.1, 0.15) is 24.4 Å². The topological polar surface area (TPSA) is 192 Å². The molecule has 0 aromatic rings. The summed E-state index contributed by atoms with van der Waals surface area (Å²) < 4.78 is 47.6. The van der Waals surface area contributed by atoms with Crippen LogP contribution in [0.2, 0.25) is 0 Å². The van der Waals surface area contributed by atoms with Crippen LogP contribution >= 0.6 is 0 Å². The Morgan fingerprint density at radius 3 is 1.48 bits per heavy atom. The van der Waals surface area contributed by atoms with Crippen molar-refractivity contribution in [2.75, 3.05) is 13.2 Å². The number of nitrogens with one attached hydrogen (secondary N) is 1. The highest BCUT2D eigenvalue weighted by Crippen LogP contribution is 2.26. The molecule has 13 heteroatoms. The number of carbonyl (C=O) groups excluding carboxylic acids is 1. The predicted molar refractivity (Wildman–Crippen MR) is 250 cm³/mol. The van der Waals surface area contributed by atoms with Crippen LogP contribution in [-0.2, 0) is 28.9 Å². The van der Waals surface area contributed by atoms with Gasteiger partial charge in [-0.25, -0.2) is 4.18 Å². The monoisotopic (exact) mass is 904 g/mol. The molecule has 1 rings (SSSR count). The third-order valence-corrected chi connectivity index (χ3v) is 12.4. The van der Waals surface area contributed by atoms with E-state index in [2.05, 4.69) is 35.5 Å². The van der Waals surface area contributed by atoms with Crippen LogP contribution in [0.15, 0.2) is 24.3 Å². The van der Waals surface area contributed by atoms with E-state index in [9.17, 15) is 38.2 Å². The first-order valence-corrected chi connectivity index (χ1v) is 26.6. The SMILES string of the molecule is CCCCC/C=C\CCCCCCCC(=O)NC(COC1OC(CO)C(O)C(OS(=O)(=O)O)C1O)C(O)/C=C/CCCCCCCCCCCCCCCCCCCCCCC. The number of hydrogen-bond acceptors (Lipinski definition) is 10. The number of ether oxygens (including phenoxy) is 2. The highest BCUT2D eigenvalue weighted by molar-refractivity contribution is 7.80. The minimum absolute atomic E-state index is 0.259. The molecule has 0 saturated carbocycles. The lowest BCUT2D eigenvalue weighted by Gasteiger charge is -2.41. The summed E-state index contributed by atoms with van der Waals surface area (Å²) in [4.78, 5) is 13.0. The van der Waals surface area contributed by atoms with Crippen LogP contribution in [-0.4, -0.2) is 95.4 Å². The molecule has 0 aromatic carbocycles. The fourth-order valence-electron chi connectivity index (χ4n) is 8.04. The van der Waals surface area contributed by atoms with Gasteiger partial charge in [0.2, 0.25) is 5.91 Å². The van der Waals surface area contributed by atoms with E-state index in [1.54, 1.807) is 6.08 Å². The average Bonchev–Trinajstić information content (AvgIpc) is 3.24. The maximum absolute atomic E-state index is 13.0. The lowest BCUT2D eigenvalue weighted by Crippen LogP contribution is -2.61. The molecule has 7 atom stereocenters. The van der Waals surface area contributed by atoms with Crippen molar-refractivity contribution in [3.63, 3.8) is 0 Å². The highest BCUT2D eigenvalue weighted by Gasteiger charge is 2.48. The lowest BCUT2D eigenvalue weighted by atomic mass is 9.99. The van der Waals surface area contributed by atoms with Gasteiger partial charge in [-0.3, -0.25) is 9.35 Å². The van der Waals surface area contributed by atoms with E-state index in [1.165, 1.54) is 141 Å². The first kappa shape index (κ1) is 58.6. The van der Waals surface area contributed by atoms with E-state index >= 15 is 0 Å². The molecular formula is C49H93NO11S. The molecule has 0 spiro atoms. The maximum Gasteiger partial charge on any atom is 0.397 e. The lowest BCUT2D eigenvalue weighted by molar-refractivity contribution is -0.298. The number of aliphatic hydroxyl groups is 4. The van der Waals surface area contributed by atoms with Crippen molar-refractivity contribution in [3.8, 4) is 0 Å². The molecule has 1 aliphatic rings. The van der Waals surface area contributed by atoms with Crippen LogP contribution in [0.1, 0.15) is 226 Å². The van der Waals surface area contributed by atoms with Crippen molar-refractivity contribution in [3.05, 3.63) is 24.3 Å².